The lowest BCUT2D eigenvalue weighted by molar-refractivity contribution is -0.132. The van der Waals surface area contributed by atoms with Crippen molar-refractivity contribution >= 4 is 22.8 Å². The van der Waals surface area contributed by atoms with E-state index < -0.39 is 17.6 Å². The van der Waals surface area contributed by atoms with Crippen molar-refractivity contribution in [3.63, 3.8) is 0 Å². The number of methoxy groups -OCH3 is 1. The summed E-state index contributed by atoms with van der Waals surface area (Å²) in [7, 11) is 1.63. The van der Waals surface area contributed by atoms with Crippen molar-refractivity contribution in [2.24, 2.45) is 0 Å². The molecule has 1 saturated heterocycles. The number of benzene rings is 2. The molecular weight excluding hydrogens is 306 g/mol. The Bertz CT molecular complexity index is 812. The fourth-order valence-electron chi connectivity index (χ4n) is 2.98. The van der Waals surface area contributed by atoms with Crippen LogP contribution in [0.15, 0.2) is 36.4 Å². The molecule has 1 fully saturated rings. The van der Waals surface area contributed by atoms with Gasteiger partial charge in [0.2, 0.25) is 5.91 Å². The number of amides is 2. The standard InChI is InChI=1S/C19H21NO4/c1-12(17(21)20-18(22)24-11-19(20,2)3)13-5-6-15-10-16(23-4)8-7-14(15)9-13/h5-10,12H,11H2,1-4H3/t12-/m1/s1. The third kappa shape index (κ3) is 2.70. The van der Waals surface area contributed by atoms with Crippen molar-refractivity contribution in [1.82, 2.24) is 4.90 Å². The first kappa shape index (κ1) is 16.3. The highest BCUT2D eigenvalue weighted by molar-refractivity contribution is 5.98. The largest absolute Gasteiger partial charge is 0.497 e. The molecule has 5 nitrogen and oxygen atoms in total. The number of carbonyl (C=O) groups is 2. The van der Waals surface area contributed by atoms with Gasteiger partial charge in [0.25, 0.3) is 0 Å². The average Bonchev–Trinajstić information content (AvgIpc) is 2.85. The lowest BCUT2D eigenvalue weighted by Crippen LogP contribution is -2.47. The van der Waals surface area contributed by atoms with Gasteiger partial charge in [-0.15, -0.1) is 0 Å². The highest BCUT2D eigenvalue weighted by Gasteiger charge is 2.45. The van der Waals surface area contributed by atoms with Crippen molar-refractivity contribution in [2.75, 3.05) is 13.7 Å². The van der Waals surface area contributed by atoms with Crippen LogP contribution in [0.1, 0.15) is 32.3 Å². The minimum Gasteiger partial charge on any atom is -0.497 e. The van der Waals surface area contributed by atoms with E-state index in [2.05, 4.69) is 0 Å². The van der Waals surface area contributed by atoms with Gasteiger partial charge in [-0.25, -0.2) is 9.69 Å². The van der Waals surface area contributed by atoms with Crippen molar-refractivity contribution in [2.45, 2.75) is 32.2 Å². The number of cyclic esters (lactones) is 1. The average molecular weight is 327 g/mol. The summed E-state index contributed by atoms with van der Waals surface area (Å²) >= 11 is 0. The van der Waals surface area contributed by atoms with Gasteiger partial charge >= 0.3 is 6.09 Å². The van der Waals surface area contributed by atoms with E-state index in [9.17, 15) is 9.59 Å². The Morgan fingerprint density at radius 2 is 1.88 bits per heavy atom. The Kier molecular flexibility index (Phi) is 3.95. The molecule has 0 spiro atoms. The van der Waals surface area contributed by atoms with Gasteiger partial charge in [-0.05, 0) is 49.2 Å². The number of rotatable bonds is 3. The molecule has 2 aromatic rings. The van der Waals surface area contributed by atoms with Crippen molar-refractivity contribution in [3.8, 4) is 5.75 Å². The van der Waals surface area contributed by atoms with E-state index in [1.54, 1.807) is 7.11 Å². The second-order valence-corrected chi connectivity index (χ2v) is 6.73. The Hall–Kier alpha value is -2.56. The second-order valence-electron chi connectivity index (χ2n) is 6.73. The molecule has 2 amide bonds. The number of imide groups is 1. The second kappa shape index (κ2) is 5.82. The molecule has 1 aliphatic rings. The summed E-state index contributed by atoms with van der Waals surface area (Å²) in [5.41, 5.74) is 0.250. The molecule has 126 valence electrons. The van der Waals surface area contributed by atoms with Crippen molar-refractivity contribution in [3.05, 3.63) is 42.0 Å². The Morgan fingerprint density at radius 1 is 1.21 bits per heavy atom. The summed E-state index contributed by atoms with van der Waals surface area (Å²) < 4.78 is 10.3. The Morgan fingerprint density at radius 3 is 2.50 bits per heavy atom. The van der Waals surface area contributed by atoms with Crippen molar-refractivity contribution in [1.29, 1.82) is 0 Å². The SMILES string of the molecule is COc1ccc2cc([C@@H](C)C(=O)N3C(=O)OCC3(C)C)ccc2c1. The van der Waals surface area contributed by atoms with Crippen LogP contribution >= 0.6 is 0 Å². The summed E-state index contributed by atoms with van der Waals surface area (Å²) in [5, 5.41) is 2.06. The van der Waals surface area contributed by atoms with E-state index in [1.165, 1.54) is 4.90 Å². The van der Waals surface area contributed by atoms with Crippen LogP contribution in [0.25, 0.3) is 10.8 Å². The number of hydrogen-bond acceptors (Lipinski definition) is 4. The summed E-state index contributed by atoms with van der Waals surface area (Å²) in [4.78, 5) is 26.0. The highest BCUT2D eigenvalue weighted by Crippen LogP contribution is 2.30. The Balaban J connectivity index is 1.92. The molecule has 24 heavy (non-hydrogen) atoms. The van der Waals surface area contributed by atoms with Crippen molar-refractivity contribution < 1.29 is 19.1 Å². The van der Waals surface area contributed by atoms with Gasteiger partial charge in [-0.1, -0.05) is 24.3 Å². The molecule has 0 bridgehead atoms. The van der Waals surface area contributed by atoms with Crippen LogP contribution in [0.3, 0.4) is 0 Å². The van der Waals surface area contributed by atoms with Gasteiger partial charge < -0.3 is 9.47 Å². The highest BCUT2D eigenvalue weighted by atomic mass is 16.6. The molecule has 2 aromatic carbocycles. The fraction of sp³-hybridized carbons (Fsp3) is 0.368. The summed E-state index contributed by atoms with van der Waals surface area (Å²) in [6.07, 6.45) is -0.567. The summed E-state index contributed by atoms with van der Waals surface area (Å²) in [6, 6.07) is 11.7. The first-order valence-corrected chi connectivity index (χ1v) is 7.92. The lowest BCUT2D eigenvalue weighted by atomic mass is 9.94. The monoisotopic (exact) mass is 327 g/mol. The molecule has 0 radical (unpaired) electrons. The topological polar surface area (TPSA) is 55.8 Å². The molecule has 0 N–H and O–H groups in total. The van der Waals surface area contributed by atoms with Gasteiger partial charge in [-0.3, -0.25) is 4.79 Å². The first-order chi connectivity index (χ1) is 11.3. The van der Waals surface area contributed by atoms with E-state index in [4.69, 9.17) is 9.47 Å². The predicted octanol–water partition coefficient (Wildman–Crippen LogP) is 3.71. The number of hydrogen-bond donors (Lipinski definition) is 0. The molecule has 3 rings (SSSR count). The molecule has 1 aliphatic heterocycles. The van der Waals surface area contributed by atoms with Crippen LogP contribution in [-0.4, -0.2) is 36.2 Å². The molecule has 1 atom stereocenters. The molecule has 1 heterocycles. The maximum absolute atomic E-state index is 12.8. The van der Waals surface area contributed by atoms with E-state index in [0.717, 1.165) is 22.1 Å². The lowest BCUT2D eigenvalue weighted by Gasteiger charge is -2.28. The van der Waals surface area contributed by atoms with Gasteiger partial charge in [0.1, 0.15) is 12.4 Å². The summed E-state index contributed by atoms with van der Waals surface area (Å²) in [5.74, 6) is 0.123. The molecule has 5 heteroatoms. The quantitative estimate of drug-likeness (QED) is 0.862. The number of fused-ring (bicyclic) bond motifs is 1. The zero-order valence-electron chi connectivity index (χ0n) is 14.3. The maximum Gasteiger partial charge on any atom is 0.417 e. The predicted molar refractivity (Wildman–Crippen MR) is 91.2 cm³/mol. The molecular formula is C19H21NO4. The van der Waals surface area contributed by atoms with Crippen LogP contribution in [0, 0.1) is 0 Å². The van der Waals surface area contributed by atoms with Gasteiger partial charge in [0.15, 0.2) is 0 Å². The first-order valence-electron chi connectivity index (χ1n) is 7.92. The molecule has 0 saturated carbocycles. The van der Waals surface area contributed by atoms with Crippen LogP contribution < -0.4 is 4.74 Å². The third-order valence-electron chi connectivity index (χ3n) is 4.50. The van der Waals surface area contributed by atoms with Crippen LogP contribution in [0.2, 0.25) is 0 Å². The van der Waals surface area contributed by atoms with Gasteiger partial charge in [0, 0.05) is 0 Å². The van der Waals surface area contributed by atoms with E-state index >= 15 is 0 Å². The normalized spacial score (nSPS) is 17.7. The number of carbonyl (C=O) groups excluding carboxylic acids is 2. The maximum atomic E-state index is 12.8. The fourth-order valence-corrected chi connectivity index (χ4v) is 2.98. The molecule has 0 aromatic heterocycles. The zero-order chi connectivity index (χ0) is 17.5. The molecule has 0 unspecified atom stereocenters. The number of ether oxygens (including phenoxy) is 2. The van der Waals surface area contributed by atoms with Gasteiger partial charge in [-0.2, -0.15) is 0 Å². The summed E-state index contributed by atoms with van der Waals surface area (Å²) in [6.45, 7) is 5.70. The zero-order valence-corrected chi connectivity index (χ0v) is 14.3. The van der Waals surface area contributed by atoms with E-state index in [1.807, 2.05) is 57.2 Å². The minimum atomic E-state index is -0.618. The smallest absolute Gasteiger partial charge is 0.417 e. The van der Waals surface area contributed by atoms with Crippen LogP contribution in [-0.2, 0) is 9.53 Å². The number of nitrogens with zero attached hydrogens (tertiary/aromatic N) is 1. The Labute approximate surface area is 141 Å². The molecule has 0 aliphatic carbocycles. The van der Waals surface area contributed by atoms with Gasteiger partial charge in [0.05, 0.1) is 18.6 Å². The van der Waals surface area contributed by atoms with Crippen LogP contribution in [0.4, 0.5) is 4.79 Å². The minimum absolute atomic E-state index is 0.224. The van der Waals surface area contributed by atoms with E-state index in [-0.39, 0.29) is 12.5 Å². The van der Waals surface area contributed by atoms with E-state index in [0.29, 0.717) is 0 Å². The van der Waals surface area contributed by atoms with Crippen LogP contribution in [0.5, 0.6) is 5.75 Å². The third-order valence-corrected chi connectivity index (χ3v) is 4.50.